The Bertz CT molecular complexity index is 815. The molecule has 2 aliphatic rings. The molecule has 1 aliphatic carbocycles. The second-order valence-electron chi connectivity index (χ2n) is 7.13. The van der Waals surface area contributed by atoms with E-state index in [1.165, 1.54) is 16.0 Å². The highest BCUT2D eigenvalue weighted by Crippen LogP contribution is 2.42. The second kappa shape index (κ2) is 7.10. The van der Waals surface area contributed by atoms with Gasteiger partial charge in [0.2, 0.25) is 5.91 Å². The van der Waals surface area contributed by atoms with Gasteiger partial charge in [0.15, 0.2) is 5.13 Å². The van der Waals surface area contributed by atoms with Gasteiger partial charge in [-0.25, -0.2) is 4.98 Å². The zero-order valence-corrected chi connectivity index (χ0v) is 16.2. The zero-order valence-electron chi connectivity index (χ0n) is 15.4. The maximum Gasteiger partial charge on any atom is 0.240 e. The molecule has 0 radical (unpaired) electrons. The quantitative estimate of drug-likeness (QED) is 0.897. The third-order valence-electron chi connectivity index (χ3n) is 5.41. The van der Waals surface area contributed by atoms with Gasteiger partial charge < -0.3 is 10.1 Å². The van der Waals surface area contributed by atoms with Crippen LogP contribution in [0.4, 0.5) is 5.13 Å². The third kappa shape index (κ3) is 3.29. The summed E-state index contributed by atoms with van der Waals surface area (Å²) >= 11 is 1.55. The summed E-state index contributed by atoms with van der Waals surface area (Å²) in [6, 6.07) is 8.54. The van der Waals surface area contributed by atoms with E-state index < -0.39 is 0 Å². The number of carbonyl (C=O) groups excluding carboxylic acids is 1. The molecule has 5 nitrogen and oxygen atoms in total. The minimum absolute atomic E-state index is 0.00438. The van der Waals surface area contributed by atoms with Crippen molar-refractivity contribution < 1.29 is 9.53 Å². The molecule has 2 heterocycles. The second-order valence-corrected chi connectivity index (χ2v) is 8.34. The highest BCUT2D eigenvalue weighted by molar-refractivity contribution is 7.15. The molecular weight excluding hydrogens is 346 g/mol. The van der Waals surface area contributed by atoms with E-state index in [0.29, 0.717) is 18.3 Å². The Hall–Kier alpha value is -1.76. The maximum absolute atomic E-state index is 12.5. The van der Waals surface area contributed by atoms with E-state index in [2.05, 4.69) is 53.3 Å². The van der Waals surface area contributed by atoms with E-state index in [9.17, 15) is 4.79 Å². The summed E-state index contributed by atoms with van der Waals surface area (Å²) in [5.41, 5.74) is 3.50. The standard InChI is InChI=1S/C20H25N3O2S/c1-3-17-14(2)26-19(21-17)22-18(24)12-23-10-11-25-20(13-23)9-8-15-6-4-5-7-16(15)20/h4-7H,3,8-13H2,1-2H3,(H,21,22,24). The van der Waals surface area contributed by atoms with Crippen LogP contribution in [0.3, 0.4) is 0 Å². The molecule has 1 unspecified atom stereocenters. The van der Waals surface area contributed by atoms with Crippen molar-refractivity contribution in [2.24, 2.45) is 0 Å². The Labute approximate surface area is 158 Å². The predicted molar refractivity (Wildman–Crippen MR) is 104 cm³/mol. The first kappa shape index (κ1) is 17.6. The number of morpholine rings is 1. The normalized spacial score (nSPS) is 22.5. The fourth-order valence-electron chi connectivity index (χ4n) is 4.13. The smallest absolute Gasteiger partial charge is 0.240 e. The minimum atomic E-state index is -0.248. The highest BCUT2D eigenvalue weighted by atomic mass is 32.1. The Kier molecular flexibility index (Phi) is 4.82. The maximum atomic E-state index is 12.5. The lowest BCUT2D eigenvalue weighted by Crippen LogP contribution is -2.50. The van der Waals surface area contributed by atoms with Gasteiger partial charge in [0.1, 0.15) is 5.60 Å². The zero-order chi connectivity index (χ0) is 18.1. The number of aromatic nitrogens is 1. The highest BCUT2D eigenvalue weighted by Gasteiger charge is 2.43. The lowest BCUT2D eigenvalue weighted by atomic mass is 9.93. The van der Waals surface area contributed by atoms with Gasteiger partial charge in [-0.05, 0) is 37.3 Å². The number of nitrogens with zero attached hydrogens (tertiary/aromatic N) is 2. The fraction of sp³-hybridized carbons (Fsp3) is 0.500. The third-order valence-corrected chi connectivity index (χ3v) is 6.34. The van der Waals surface area contributed by atoms with E-state index in [0.717, 1.165) is 38.0 Å². The number of rotatable bonds is 4. The number of anilines is 1. The number of amides is 1. The number of carbonyl (C=O) groups is 1. The topological polar surface area (TPSA) is 54.5 Å². The number of fused-ring (bicyclic) bond motifs is 2. The average Bonchev–Trinajstić information content (AvgIpc) is 3.16. The van der Waals surface area contributed by atoms with Gasteiger partial charge in [0.25, 0.3) is 0 Å². The Morgan fingerprint density at radius 1 is 1.42 bits per heavy atom. The lowest BCUT2D eigenvalue weighted by molar-refractivity contribution is -0.129. The molecule has 6 heteroatoms. The number of hydrogen-bond donors (Lipinski definition) is 1. The van der Waals surface area contributed by atoms with Crippen molar-refractivity contribution in [1.29, 1.82) is 0 Å². The van der Waals surface area contributed by atoms with Crippen molar-refractivity contribution in [2.45, 2.75) is 38.7 Å². The molecule has 1 spiro atoms. The van der Waals surface area contributed by atoms with Crippen LogP contribution in [0.5, 0.6) is 0 Å². The van der Waals surface area contributed by atoms with Crippen LogP contribution in [-0.4, -0.2) is 42.0 Å². The van der Waals surface area contributed by atoms with Crippen LogP contribution in [-0.2, 0) is 28.0 Å². The summed E-state index contributed by atoms with van der Waals surface area (Å²) in [7, 11) is 0. The van der Waals surface area contributed by atoms with Gasteiger partial charge in [-0.1, -0.05) is 31.2 Å². The van der Waals surface area contributed by atoms with E-state index in [1.54, 1.807) is 11.3 Å². The molecule has 26 heavy (non-hydrogen) atoms. The van der Waals surface area contributed by atoms with E-state index in [1.807, 2.05) is 0 Å². The molecule has 1 N–H and O–H groups in total. The summed E-state index contributed by atoms with van der Waals surface area (Å²) in [6.45, 7) is 6.74. The average molecular weight is 372 g/mol. The SMILES string of the molecule is CCc1nc(NC(=O)CN2CCOC3(CCc4ccccc43)C2)sc1C. The van der Waals surface area contributed by atoms with E-state index in [-0.39, 0.29) is 11.5 Å². The first-order valence-electron chi connectivity index (χ1n) is 9.30. The molecule has 1 aromatic heterocycles. The van der Waals surface area contributed by atoms with Gasteiger partial charge in [-0.2, -0.15) is 0 Å². The molecule has 0 bridgehead atoms. The van der Waals surface area contributed by atoms with Crippen LogP contribution < -0.4 is 5.32 Å². The molecule has 1 aliphatic heterocycles. The summed E-state index contributed by atoms with van der Waals surface area (Å²) in [5, 5.41) is 3.68. The van der Waals surface area contributed by atoms with Crippen LogP contribution >= 0.6 is 11.3 Å². The van der Waals surface area contributed by atoms with Crippen LogP contribution in [0.15, 0.2) is 24.3 Å². The first-order chi connectivity index (χ1) is 12.6. The molecular formula is C20H25N3O2S. The van der Waals surface area contributed by atoms with Gasteiger partial charge >= 0.3 is 0 Å². The molecule has 138 valence electrons. The van der Waals surface area contributed by atoms with Crippen LogP contribution in [0, 0.1) is 6.92 Å². The summed E-state index contributed by atoms with van der Waals surface area (Å²) in [5.74, 6) is 0.00438. The molecule has 2 aromatic rings. The molecule has 1 fully saturated rings. The van der Waals surface area contributed by atoms with Crippen LogP contribution in [0.25, 0.3) is 0 Å². The van der Waals surface area contributed by atoms with Crippen molar-refractivity contribution in [3.8, 4) is 0 Å². The fourth-order valence-corrected chi connectivity index (χ4v) is 5.05. The summed E-state index contributed by atoms with van der Waals surface area (Å²) in [4.78, 5) is 20.4. The number of benzene rings is 1. The monoisotopic (exact) mass is 371 g/mol. The number of ether oxygens (including phenoxy) is 1. The van der Waals surface area contributed by atoms with E-state index in [4.69, 9.17) is 4.74 Å². The van der Waals surface area contributed by atoms with Crippen molar-refractivity contribution in [3.05, 3.63) is 46.0 Å². The van der Waals surface area contributed by atoms with Crippen molar-refractivity contribution >= 4 is 22.4 Å². The lowest BCUT2D eigenvalue weighted by Gasteiger charge is -2.40. The van der Waals surface area contributed by atoms with Crippen LogP contribution in [0.1, 0.15) is 35.0 Å². The number of aryl methyl sites for hydroxylation is 3. The van der Waals surface area contributed by atoms with Crippen LogP contribution in [0.2, 0.25) is 0 Å². The number of nitrogens with one attached hydrogen (secondary N) is 1. The Balaban J connectivity index is 1.42. The van der Waals surface area contributed by atoms with Gasteiger partial charge in [-0.3, -0.25) is 9.69 Å². The Morgan fingerprint density at radius 3 is 3.08 bits per heavy atom. The first-order valence-corrected chi connectivity index (χ1v) is 10.1. The molecule has 1 amide bonds. The molecule has 4 rings (SSSR count). The van der Waals surface area contributed by atoms with Crippen molar-refractivity contribution in [2.75, 3.05) is 31.6 Å². The summed E-state index contributed by atoms with van der Waals surface area (Å²) in [6.07, 6.45) is 2.94. The molecule has 1 aromatic carbocycles. The van der Waals surface area contributed by atoms with E-state index >= 15 is 0 Å². The van der Waals surface area contributed by atoms with Gasteiger partial charge in [-0.15, -0.1) is 11.3 Å². The largest absolute Gasteiger partial charge is 0.368 e. The van der Waals surface area contributed by atoms with Crippen molar-refractivity contribution in [1.82, 2.24) is 9.88 Å². The van der Waals surface area contributed by atoms with Gasteiger partial charge in [0, 0.05) is 18.0 Å². The minimum Gasteiger partial charge on any atom is -0.368 e. The number of hydrogen-bond acceptors (Lipinski definition) is 5. The Morgan fingerprint density at radius 2 is 2.27 bits per heavy atom. The molecule has 1 atom stereocenters. The van der Waals surface area contributed by atoms with Crippen molar-refractivity contribution in [3.63, 3.8) is 0 Å². The summed E-state index contributed by atoms with van der Waals surface area (Å²) < 4.78 is 6.23. The molecule has 0 saturated carbocycles. The molecule has 1 saturated heterocycles. The predicted octanol–water partition coefficient (Wildman–Crippen LogP) is 3.13. The van der Waals surface area contributed by atoms with Gasteiger partial charge in [0.05, 0.1) is 18.8 Å². The number of thiazole rings is 1.